The van der Waals surface area contributed by atoms with Crippen molar-refractivity contribution < 1.29 is 9.84 Å². The number of hydrogen-bond acceptors (Lipinski definition) is 4. The minimum Gasteiger partial charge on any atom is -0.396 e. The highest BCUT2D eigenvalue weighted by Crippen LogP contribution is 2.30. The van der Waals surface area contributed by atoms with Crippen molar-refractivity contribution in [2.45, 2.75) is 19.3 Å². The van der Waals surface area contributed by atoms with E-state index in [1.807, 2.05) is 0 Å². The molecular weight excluding hydrogens is 216 g/mol. The fraction of sp³-hybridized carbons (Fsp3) is 1.00. The molecule has 102 valence electrons. The molecule has 0 saturated carbocycles. The third kappa shape index (κ3) is 5.34. The second-order valence-corrected chi connectivity index (χ2v) is 5.67. The quantitative estimate of drug-likeness (QED) is 0.714. The first-order chi connectivity index (χ1) is 8.08. The SMILES string of the molecule is CN(C)CCCN(C)CC1(CO)CCOCC1. The molecule has 0 aromatic carbocycles. The largest absolute Gasteiger partial charge is 0.396 e. The lowest BCUT2D eigenvalue weighted by atomic mass is 9.80. The van der Waals surface area contributed by atoms with Crippen LogP contribution >= 0.6 is 0 Å². The van der Waals surface area contributed by atoms with Gasteiger partial charge >= 0.3 is 0 Å². The monoisotopic (exact) mass is 244 g/mol. The number of rotatable bonds is 7. The topological polar surface area (TPSA) is 35.9 Å². The third-order valence-corrected chi connectivity index (χ3v) is 3.64. The molecule has 0 aromatic heterocycles. The number of nitrogens with zero attached hydrogens (tertiary/aromatic N) is 2. The van der Waals surface area contributed by atoms with Crippen LogP contribution in [-0.2, 0) is 4.74 Å². The fourth-order valence-electron chi connectivity index (χ4n) is 2.48. The third-order valence-electron chi connectivity index (χ3n) is 3.64. The Balaban J connectivity index is 2.29. The number of aliphatic hydroxyl groups excluding tert-OH is 1. The molecule has 0 aliphatic carbocycles. The van der Waals surface area contributed by atoms with E-state index in [0.29, 0.717) is 0 Å². The van der Waals surface area contributed by atoms with Gasteiger partial charge in [-0.2, -0.15) is 0 Å². The molecule has 0 radical (unpaired) electrons. The molecule has 1 N–H and O–H groups in total. The summed E-state index contributed by atoms with van der Waals surface area (Å²) in [6.45, 7) is 5.09. The lowest BCUT2D eigenvalue weighted by Gasteiger charge is -2.38. The summed E-state index contributed by atoms with van der Waals surface area (Å²) in [6.07, 6.45) is 3.16. The molecule has 1 heterocycles. The van der Waals surface area contributed by atoms with E-state index in [1.54, 1.807) is 0 Å². The first-order valence-electron chi connectivity index (χ1n) is 6.60. The number of hydrogen-bond donors (Lipinski definition) is 1. The standard InChI is InChI=1S/C13H28N2O2/c1-14(2)7-4-8-15(3)11-13(12-16)5-9-17-10-6-13/h16H,4-12H2,1-3H3. The van der Waals surface area contributed by atoms with Gasteiger partial charge in [-0.1, -0.05) is 0 Å². The average Bonchev–Trinajstić information content (AvgIpc) is 2.29. The van der Waals surface area contributed by atoms with Crippen LogP contribution in [0.15, 0.2) is 0 Å². The summed E-state index contributed by atoms with van der Waals surface area (Å²) in [5.41, 5.74) is 0.0745. The van der Waals surface area contributed by atoms with Crippen LogP contribution in [-0.4, -0.2) is 75.5 Å². The van der Waals surface area contributed by atoms with Crippen LogP contribution in [0.2, 0.25) is 0 Å². The lowest BCUT2D eigenvalue weighted by molar-refractivity contribution is -0.0310. The van der Waals surface area contributed by atoms with Crippen molar-refractivity contribution in [2.75, 3.05) is 60.6 Å². The molecule has 17 heavy (non-hydrogen) atoms. The van der Waals surface area contributed by atoms with Crippen molar-refractivity contribution in [1.82, 2.24) is 9.80 Å². The second kappa shape index (κ2) is 7.31. The molecule has 4 nitrogen and oxygen atoms in total. The van der Waals surface area contributed by atoms with Gasteiger partial charge in [-0.15, -0.1) is 0 Å². The van der Waals surface area contributed by atoms with Crippen molar-refractivity contribution in [3.63, 3.8) is 0 Å². The van der Waals surface area contributed by atoms with Crippen LogP contribution in [0.25, 0.3) is 0 Å². The molecule has 0 bridgehead atoms. The smallest absolute Gasteiger partial charge is 0.0501 e. The van der Waals surface area contributed by atoms with Gasteiger partial charge in [0.15, 0.2) is 0 Å². The summed E-state index contributed by atoms with van der Waals surface area (Å²) in [7, 11) is 6.36. The van der Waals surface area contributed by atoms with E-state index < -0.39 is 0 Å². The number of aliphatic hydroxyl groups is 1. The van der Waals surface area contributed by atoms with Crippen molar-refractivity contribution in [3.8, 4) is 0 Å². The highest BCUT2D eigenvalue weighted by atomic mass is 16.5. The summed E-state index contributed by atoms with van der Waals surface area (Å²) >= 11 is 0. The Labute approximate surface area is 106 Å². The zero-order valence-corrected chi connectivity index (χ0v) is 11.6. The average molecular weight is 244 g/mol. The zero-order chi connectivity index (χ0) is 12.7. The summed E-state index contributed by atoms with van der Waals surface area (Å²) in [6, 6.07) is 0. The second-order valence-electron chi connectivity index (χ2n) is 5.67. The molecule has 1 aliphatic heterocycles. The van der Waals surface area contributed by atoms with E-state index in [1.165, 1.54) is 6.42 Å². The Bertz CT molecular complexity index is 204. The molecule has 0 aromatic rings. The van der Waals surface area contributed by atoms with Crippen LogP contribution in [0, 0.1) is 5.41 Å². The maximum atomic E-state index is 9.61. The van der Waals surface area contributed by atoms with E-state index in [2.05, 4.69) is 30.9 Å². The van der Waals surface area contributed by atoms with E-state index in [4.69, 9.17) is 4.74 Å². The van der Waals surface area contributed by atoms with Gasteiger partial charge in [-0.25, -0.2) is 0 Å². The molecule has 0 spiro atoms. The highest BCUT2D eigenvalue weighted by Gasteiger charge is 2.32. The van der Waals surface area contributed by atoms with Gasteiger partial charge < -0.3 is 19.6 Å². The molecule has 0 amide bonds. The summed E-state index contributed by atoms with van der Waals surface area (Å²) in [5, 5.41) is 9.61. The lowest BCUT2D eigenvalue weighted by Crippen LogP contribution is -2.43. The Hall–Kier alpha value is -0.160. The molecule has 0 atom stereocenters. The van der Waals surface area contributed by atoms with E-state index >= 15 is 0 Å². The van der Waals surface area contributed by atoms with Gasteiger partial charge in [0, 0.05) is 25.2 Å². The Kier molecular flexibility index (Phi) is 6.41. The van der Waals surface area contributed by atoms with Crippen LogP contribution in [0.1, 0.15) is 19.3 Å². The molecular formula is C13H28N2O2. The van der Waals surface area contributed by atoms with Crippen molar-refractivity contribution in [1.29, 1.82) is 0 Å². The minimum atomic E-state index is 0.0745. The van der Waals surface area contributed by atoms with Gasteiger partial charge in [-0.3, -0.25) is 0 Å². The normalized spacial score (nSPS) is 20.1. The van der Waals surface area contributed by atoms with Crippen molar-refractivity contribution >= 4 is 0 Å². The van der Waals surface area contributed by atoms with Gasteiger partial charge in [-0.05, 0) is 53.5 Å². The van der Waals surface area contributed by atoms with Gasteiger partial charge in [0.1, 0.15) is 0 Å². The van der Waals surface area contributed by atoms with Crippen LogP contribution < -0.4 is 0 Å². The summed E-state index contributed by atoms with van der Waals surface area (Å²) < 4.78 is 5.38. The predicted octanol–water partition coefficient (Wildman–Crippen LogP) is 0.659. The Morgan fingerprint density at radius 3 is 2.29 bits per heavy atom. The highest BCUT2D eigenvalue weighted by molar-refractivity contribution is 4.84. The molecule has 4 heteroatoms. The molecule has 0 unspecified atom stereocenters. The fourth-order valence-corrected chi connectivity index (χ4v) is 2.48. The van der Waals surface area contributed by atoms with Crippen molar-refractivity contribution in [2.24, 2.45) is 5.41 Å². The Morgan fingerprint density at radius 1 is 1.12 bits per heavy atom. The van der Waals surface area contributed by atoms with Crippen LogP contribution in [0.3, 0.4) is 0 Å². The van der Waals surface area contributed by atoms with E-state index in [-0.39, 0.29) is 12.0 Å². The van der Waals surface area contributed by atoms with E-state index in [9.17, 15) is 5.11 Å². The molecule has 1 saturated heterocycles. The van der Waals surface area contributed by atoms with E-state index in [0.717, 1.165) is 45.7 Å². The zero-order valence-electron chi connectivity index (χ0n) is 11.6. The summed E-state index contributed by atoms with van der Waals surface area (Å²) in [5.74, 6) is 0. The van der Waals surface area contributed by atoms with Crippen molar-refractivity contribution in [3.05, 3.63) is 0 Å². The predicted molar refractivity (Wildman–Crippen MR) is 70.2 cm³/mol. The number of ether oxygens (including phenoxy) is 1. The molecule has 1 aliphatic rings. The Morgan fingerprint density at radius 2 is 1.76 bits per heavy atom. The van der Waals surface area contributed by atoms with Crippen LogP contribution in [0.4, 0.5) is 0 Å². The molecule has 1 fully saturated rings. The van der Waals surface area contributed by atoms with Gasteiger partial charge in [0.2, 0.25) is 0 Å². The summed E-state index contributed by atoms with van der Waals surface area (Å²) in [4.78, 5) is 4.56. The first-order valence-corrected chi connectivity index (χ1v) is 6.60. The minimum absolute atomic E-state index is 0.0745. The molecule has 1 rings (SSSR count). The van der Waals surface area contributed by atoms with Gasteiger partial charge in [0.25, 0.3) is 0 Å². The maximum Gasteiger partial charge on any atom is 0.0501 e. The first kappa shape index (κ1) is 14.9. The van der Waals surface area contributed by atoms with Crippen LogP contribution in [0.5, 0.6) is 0 Å². The maximum absolute atomic E-state index is 9.61. The van der Waals surface area contributed by atoms with Gasteiger partial charge in [0.05, 0.1) is 6.61 Å².